The van der Waals surface area contributed by atoms with Gasteiger partial charge in [-0.25, -0.2) is 0 Å². The molecule has 0 amide bonds. The molecule has 0 bridgehead atoms. The molecule has 0 saturated heterocycles. The number of rotatable bonds is 2. The van der Waals surface area contributed by atoms with Crippen LogP contribution in [0.5, 0.6) is 0 Å². The van der Waals surface area contributed by atoms with Crippen molar-refractivity contribution in [3.05, 3.63) is 169 Å². The van der Waals surface area contributed by atoms with Crippen LogP contribution in [0.15, 0.2) is 162 Å². The molecule has 1 nitrogen and oxygen atoms in total. The van der Waals surface area contributed by atoms with Gasteiger partial charge in [-0.1, -0.05) is 147 Å². The van der Waals surface area contributed by atoms with E-state index < -0.39 is 0 Å². The normalized spacial score (nSPS) is 13.6. The molecule has 50 heavy (non-hydrogen) atoms. The summed E-state index contributed by atoms with van der Waals surface area (Å²) in [4.78, 5) is 0. The second-order valence-corrected chi connectivity index (χ2v) is 14.4. The monoisotopic (exact) mass is 636 g/mol. The highest BCUT2D eigenvalue weighted by Crippen LogP contribution is 2.55. The van der Waals surface area contributed by atoms with Gasteiger partial charge >= 0.3 is 0 Å². The van der Waals surface area contributed by atoms with Crippen molar-refractivity contribution in [2.24, 2.45) is 0 Å². The number of hydrogen-bond acceptors (Lipinski definition) is 1. The highest BCUT2D eigenvalue weighted by atomic mass is 16.3. The summed E-state index contributed by atoms with van der Waals surface area (Å²) in [6.45, 7) is 4.77. The third-order valence-electron chi connectivity index (χ3n) is 11.4. The lowest BCUT2D eigenvalue weighted by Crippen LogP contribution is -2.15. The van der Waals surface area contributed by atoms with Crippen molar-refractivity contribution in [2.75, 3.05) is 0 Å². The van der Waals surface area contributed by atoms with Gasteiger partial charge in [0.1, 0.15) is 11.2 Å². The van der Waals surface area contributed by atoms with Gasteiger partial charge in [-0.05, 0) is 106 Å². The van der Waals surface area contributed by atoms with Crippen LogP contribution < -0.4 is 0 Å². The van der Waals surface area contributed by atoms with Crippen LogP contribution in [0.3, 0.4) is 0 Å². The van der Waals surface area contributed by atoms with Gasteiger partial charge < -0.3 is 4.42 Å². The van der Waals surface area contributed by atoms with E-state index in [-0.39, 0.29) is 5.41 Å². The van der Waals surface area contributed by atoms with Crippen molar-refractivity contribution in [3.63, 3.8) is 0 Å². The maximum Gasteiger partial charge on any atom is 0.143 e. The van der Waals surface area contributed by atoms with Crippen LogP contribution in [0.25, 0.3) is 98.4 Å². The van der Waals surface area contributed by atoms with Gasteiger partial charge in [-0.2, -0.15) is 0 Å². The maximum absolute atomic E-state index is 6.53. The highest BCUT2D eigenvalue weighted by molar-refractivity contribution is 6.25. The molecule has 11 rings (SSSR count). The number of hydrogen-bond donors (Lipinski definition) is 0. The summed E-state index contributed by atoms with van der Waals surface area (Å²) < 4.78 is 6.53. The Bertz CT molecular complexity index is 3010. The van der Waals surface area contributed by atoms with Crippen LogP contribution in [-0.2, 0) is 5.41 Å². The molecule has 0 aliphatic heterocycles. The van der Waals surface area contributed by atoms with Crippen molar-refractivity contribution >= 4 is 65.0 Å². The molecule has 0 atom stereocenters. The van der Waals surface area contributed by atoms with Gasteiger partial charge in [0.05, 0.1) is 0 Å². The molecular formula is C49H32O. The number of fused-ring (bicyclic) bond motifs is 12. The van der Waals surface area contributed by atoms with E-state index in [9.17, 15) is 0 Å². The Morgan fingerprint density at radius 1 is 0.380 bits per heavy atom. The molecule has 0 unspecified atom stereocenters. The smallest absolute Gasteiger partial charge is 0.143 e. The molecule has 0 radical (unpaired) electrons. The average Bonchev–Trinajstić information content (AvgIpc) is 3.65. The molecule has 0 fully saturated rings. The summed E-state index contributed by atoms with van der Waals surface area (Å²) in [7, 11) is 0. The lowest BCUT2D eigenvalue weighted by Gasteiger charge is -2.24. The Balaban J connectivity index is 1.23. The predicted octanol–water partition coefficient (Wildman–Crippen LogP) is 13.8. The van der Waals surface area contributed by atoms with Crippen LogP contribution in [-0.4, -0.2) is 0 Å². The number of furan rings is 1. The molecule has 1 aliphatic rings. The quantitative estimate of drug-likeness (QED) is 0.172. The summed E-state index contributed by atoms with van der Waals surface area (Å²) >= 11 is 0. The van der Waals surface area contributed by atoms with Crippen molar-refractivity contribution in [2.45, 2.75) is 19.3 Å². The third kappa shape index (κ3) is 3.62. The minimum Gasteiger partial charge on any atom is -0.455 e. The second-order valence-electron chi connectivity index (χ2n) is 14.4. The zero-order valence-electron chi connectivity index (χ0n) is 27.9. The van der Waals surface area contributed by atoms with E-state index in [1.807, 2.05) is 0 Å². The van der Waals surface area contributed by atoms with Crippen LogP contribution in [0.2, 0.25) is 0 Å². The summed E-state index contributed by atoms with van der Waals surface area (Å²) in [5, 5.41) is 12.3. The molecule has 0 saturated carbocycles. The van der Waals surface area contributed by atoms with E-state index in [1.54, 1.807) is 0 Å². The SMILES string of the molecule is CC1(C)c2ccccc2-c2c1cc(-c1c3ccccc3c(-c3ccc4oc5c6ccccc6ccc5c4c3)c3ccccc13)c1ccccc21. The first-order chi connectivity index (χ1) is 24.6. The maximum atomic E-state index is 6.53. The molecule has 234 valence electrons. The van der Waals surface area contributed by atoms with Crippen molar-refractivity contribution in [1.29, 1.82) is 0 Å². The molecule has 1 aliphatic carbocycles. The first kappa shape index (κ1) is 27.7. The summed E-state index contributed by atoms with van der Waals surface area (Å²) in [5.41, 5.74) is 12.3. The van der Waals surface area contributed by atoms with Gasteiger partial charge in [0.15, 0.2) is 0 Å². The van der Waals surface area contributed by atoms with E-state index in [4.69, 9.17) is 4.42 Å². The molecule has 10 aromatic rings. The molecule has 0 N–H and O–H groups in total. The highest BCUT2D eigenvalue weighted by Gasteiger charge is 2.37. The van der Waals surface area contributed by atoms with Gasteiger partial charge in [0, 0.05) is 21.6 Å². The fourth-order valence-electron chi connectivity index (χ4n) is 9.15. The van der Waals surface area contributed by atoms with Gasteiger partial charge in [-0.3, -0.25) is 0 Å². The first-order valence-electron chi connectivity index (χ1n) is 17.5. The Labute approximate surface area is 290 Å². The Morgan fingerprint density at radius 3 is 1.68 bits per heavy atom. The topological polar surface area (TPSA) is 13.1 Å². The number of benzene rings is 9. The largest absolute Gasteiger partial charge is 0.455 e. The zero-order valence-corrected chi connectivity index (χ0v) is 27.9. The fraction of sp³-hybridized carbons (Fsp3) is 0.0612. The molecule has 1 heterocycles. The van der Waals surface area contributed by atoms with Gasteiger partial charge in [0.25, 0.3) is 0 Å². The van der Waals surface area contributed by atoms with Gasteiger partial charge in [-0.15, -0.1) is 0 Å². The lowest BCUT2D eigenvalue weighted by atomic mass is 9.79. The van der Waals surface area contributed by atoms with Crippen LogP contribution in [0, 0.1) is 0 Å². The van der Waals surface area contributed by atoms with E-state index in [0.29, 0.717) is 0 Å². The van der Waals surface area contributed by atoms with Crippen LogP contribution in [0.1, 0.15) is 25.0 Å². The summed E-state index contributed by atoms with van der Waals surface area (Å²) in [6, 6.07) is 58.2. The fourth-order valence-corrected chi connectivity index (χ4v) is 9.15. The molecule has 1 heteroatoms. The minimum atomic E-state index is -0.107. The summed E-state index contributed by atoms with van der Waals surface area (Å²) in [5.74, 6) is 0. The predicted molar refractivity (Wildman–Crippen MR) is 212 cm³/mol. The van der Waals surface area contributed by atoms with Crippen LogP contribution >= 0.6 is 0 Å². The summed E-state index contributed by atoms with van der Waals surface area (Å²) in [6.07, 6.45) is 0. The lowest BCUT2D eigenvalue weighted by molar-refractivity contribution is 0.661. The molecular weight excluding hydrogens is 605 g/mol. The van der Waals surface area contributed by atoms with E-state index in [2.05, 4.69) is 172 Å². The van der Waals surface area contributed by atoms with Crippen molar-refractivity contribution in [1.82, 2.24) is 0 Å². The second kappa shape index (κ2) is 9.94. The van der Waals surface area contributed by atoms with E-state index in [1.165, 1.54) is 82.2 Å². The minimum absolute atomic E-state index is 0.107. The third-order valence-corrected chi connectivity index (χ3v) is 11.4. The standard InChI is InChI=1S/C49H32O/c1-49(2)42-22-12-11-21-39(42)47-33-16-6-5-15-32(33)41(28-43(47)49)46-36-19-9-7-17-34(36)45(35-18-8-10-20-37(35)46)30-24-26-44-40(27-30)38-25-23-29-13-3-4-14-31(29)48(38)50-44/h3-28H,1-2H3. The first-order valence-corrected chi connectivity index (χ1v) is 17.5. The van der Waals surface area contributed by atoms with Gasteiger partial charge in [0.2, 0.25) is 0 Å². The molecule has 9 aromatic carbocycles. The Kier molecular flexibility index (Phi) is 5.51. The Morgan fingerprint density at radius 2 is 0.960 bits per heavy atom. The molecule has 0 spiro atoms. The molecule has 1 aromatic heterocycles. The average molecular weight is 637 g/mol. The van der Waals surface area contributed by atoms with Crippen molar-refractivity contribution < 1.29 is 4.42 Å². The zero-order chi connectivity index (χ0) is 33.1. The van der Waals surface area contributed by atoms with E-state index in [0.717, 1.165) is 27.3 Å². The van der Waals surface area contributed by atoms with Crippen LogP contribution in [0.4, 0.5) is 0 Å². The van der Waals surface area contributed by atoms with Crippen molar-refractivity contribution in [3.8, 4) is 33.4 Å². The van der Waals surface area contributed by atoms with E-state index >= 15 is 0 Å². The Hall–Kier alpha value is -6.18.